The molecule has 1 saturated heterocycles. The van der Waals surface area contributed by atoms with E-state index in [0.29, 0.717) is 5.75 Å². The Bertz CT molecular complexity index is 1080. The van der Waals surface area contributed by atoms with Crippen LogP contribution < -0.4 is 20.8 Å². The monoisotopic (exact) mass is 519 g/mol. The Morgan fingerprint density at radius 1 is 1.17 bits per heavy atom. The van der Waals surface area contributed by atoms with E-state index in [1.165, 1.54) is 37.4 Å². The number of benzene rings is 2. The predicted molar refractivity (Wildman–Crippen MR) is 118 cm³/mol. The first kappa shape index (κ1) is 27.2. The summed E-state index contributed by atoms with van der Waals surface area (Å²) in [7, 11) is 1.43. The summed E-state index contributed by atoms with van der Waals surface area (Å²) in [4.78, 5) is 16.9. The Morgan fingerprint density at radius 3 is 2.44 bits per heavy atom. The first-order valence-electron chi connectivity index (χ1n) is 10.6. The second-order valence-corrected chi connectivity index (χ2v) is 7.72. The van der Waals surface area contributed by atoms with Gasteiger partial charge in [-0.3, -0.25) is 10.1 Å². The number of β-amino-alcohol motifs (C(OH)–C–C–N with tert-alkyl or cyclic N) is 1. The fourth-order valence-corrected chi connectivity index (χ4v) is 3.40. The second kappa shape index (κ2) is 11.1. The Kier molecular flexibility index (Phi) is 8.43. The number of nitrogens with one attached hydrogen (secondary N) is 3. The molecule has 196 valence electrons. The van der Waals surface area contributed by atoms with Gasteiger partial charge in [-0.2, -0.15) is 26.3 Å². The van der Waals surface area contributed by atoms with Crippen molar-refractivity contribution in [2.75, 3.05) is 25.6 Å². The molecule has 3 rings (SSSR count). The first-order chi connectivity index (χ1) is 16.9. The van der Waals surface area contributed by atoms with Crippen LogP contribution in [0.2, 0.25) is 0 Å². The molecule has 0 aromatic heterocycles. The van der Waals surface area contributed by atoms with Crippen molar-refractivity contribution in [2.24, 2.45) is 4.99 Å². The highest BCUT2D eigenvalue weighted by molar-refractivity contribution is 6.10. The number of aliphatic hydroxyl groups is 1. The van der Waals surface area contributed by atoms with Crippen LogP contribution in [0.15, 0.2) is 53.5 Å². The third kappa shape index (κ3) is 7.08. The number of carbonyl (C=O) groups excluding carboxylic acids is 1. The summed E-state index contributed by atoms with van der Waals surface area (Å²) < 4.78 is 84.3. The lowest BCUT2D eigenvalue weighted by Crippen LogP contribution is -2.46. The molecule has 1 heterocycles. The third-order valence-electron chi connectivity index (χ3n) is 5.18. The van der Waals surface area contributed by atoms with E-state index in [4.69, 9.17) is 4.74 Å². The lowest BCUT2D eigenvalue weighted by Gasteiger charge is -2.22. The largest absolute Gasteiger partial charge is 0.497 e. The zero-order valence-corrected chi connectivity index (χ0v) is 18.8. The lowest BCUT2D eigenvalue weighted by molar-refractivity contribution is -0.157. The van der Waals surface area contributed by atoms with Gasteiger partial charge in [0.05, 0.1) is 19.3 Å². The average molecular weight is 519 g/mol. The van der Waals surface area contributed by atoms with Crippen molar-refractivity contribution in [1.82, 2.24) is 15.8 Å². The molecule has 14 heteroatoms. The Hall–Kier alpha value is -3.36. The Morgan fingerprint density at radius 2 is 1.86 bits per heavy atom. The highest BCUT2D eigenvalue weighted by Gasteiger charge is 2.47. The number of amides is 1. The number of alkyl halides is 6. The quantitative estimate of drug-likeness (QED) is 0.266. The molecule has 0 spiro atoms. The molecule has 1 aliphatic rings. The molecule has 4 N–H and O–H groups in total. The average Bonchev–Trinajstić information content (AvgIpc) is 3.22. The van der Waals surface area contributed by atoms with Crippen LogP contribution in [0.25, 0.3) is 0 Å². The van der Waals surface area contributed by atoms with Crippen LogP contribution in [0, 0.1) is 0 Å². The number of guanidine groups is 1. The van der Waals surface area contributed by atoms with Crippen LogP contribution in [0.1, 0.15) is 22.3 Å². The van der Waals surface area contributed by atoms with Gasteiger partial charge in [0.25, 0.3) is 5.91 Å². The number of hydrazine groups is 1. The van der Waals surface area contributed by atoms with Gasteiger partial charge < -0.3 is 15.2 Å². The number of hydrogen-bond donors (Lipinski definition) is 4. The van der Waals surface area contributed by atoms with E-state index in [0.717, 1.165) is 23.2 Å². The van der Waals surface area contributed by atoms with E-state index >= 15 is 0 Å². The van der Waals surface area contributed by atoms with Crippen LogP contribution >= 0.6 is 0 Å². The van der Waals surface area contributed by atoms with Crippen LogP contribution in [-0.4, -0.2) is 60.6 Å². The van der Waals surface area contributed by atoms with Gasteiger partial charge in [0.15, 0.2) is 0 Å². The zero-order chi connectivity index (χ0) is 26.5. The number of anilines is 1. The second-order valence-electron chi connectivity index (χ2n) is 7.72. The van der Waals surface area contributed by atoms with Gasteiger partial charge in [0, 0.05) is 24.2 Å². The van der Waals surface area contributed by atoms with Gasteiger partial charge in [-0.25, -0.2) is 15.4 Å². The molecule has 0 aliphatic carbocycles. The maximum Gasteiger partial charge on any atom is 0.416 e. The maximum atomic E-state index is 13.3. The molecule has 1 amide bonds. The van der Waals surface area contributed by atoms with Gasteiger partial charge >= 0.3 is 12.4 Å². The lowest BCUT2D eigenvalue weighted by atomic mass is 10.2. The summed E-state index contributed by atoms with van der Waals surface area (Å²) in [5.74, 6) is -0.631. The highest BCUT2D eigenvalue weighted by atomic mass is 19.4. The molecule has 2 unspecified atom stereocenters. The van der Waals surface area contributed by atoms with E-state index in [1.807, 2.05) is 0 Å². The van der Waals surface area contributed by atoms with Gasteiger partial charge in [-0.1, -0.05) is 6.07 Å². The fourth-order valence-electron chi connectivity index (χ4n) is 3.40. The van der Waals surface area contributed by atoms with Crippen LogP contribution in [0.5, 0.6) is 5.75 Å². The van der Waals surface area contributed by atoms with Crippen LogP contribution in [0.4, 0.5) is 32.0 Å². The molecule has 1 fully saturated rings. The van der Waals surface area contributed by atoms with E-state index in [-0.39, 0.29) is 23.8 Å². The van der Waals surface area contributed by atoms with E-state index in [2.05, 4.69) is 21.1 Å². The van der Waals surface area contributed by atoms with Gasteiger partial charge in [0.1, 0.15) is 18.0 Å². The molecule has 8 nitrogen and oxygen atoms in total. The molecular formula is C22H23F6N5O3. The fraction of sp³-hybridized carbons (Fsp3) is 0.364. The number of halogens is 6. The molecule has 1 aliphatic heterocycles. The van der Waals surface area contributed by atoms with E-state index < -0.39 is 49.1 Å². The number of methoxy groups -OCH3 is 1. The summed E-state index contributed by atoms with van der Waals surface area (Å²) in [5, 5.41) is 15.2. The highest BCUT2D eigenvalue weighted by Crippen LogP contribution is 2.31. The number of aliphatic hydroxyl groups excluding tert-OH is 1. The number of rotatable bonds is 6. The molecule has 2 aromatic carbocycles. The summed E-state index contributed by atoms with van der Waals surface area (Å²) in [5.41, 5.74) is 1.27. The molecule has 2 atom stereocenters. The summed E-state index contributed by atoms with van der Waals surface area (Å²) in [6.07, 6.45) is -11.0. The maximum absolute atomic E-state index is 13.3. The smallest absolute Gasteiger partial charge is 0.416 e. The number of aliphatic imine (C=N–C) groups is 1. The summed E-state index contributed by atoms with van der Waals surface area (Å²) >= 11 is 0. The normalized spacial score (nSPS) is 19.3. The number of nitrogens with zero attached hydrogens (tertiary/aromatic N) is 2. The number of hydrogen-bond acceptors (Lipinski definition) is 6. The molecular weight excluding hydrogens is 496 g/mol. The molecule has 2 aromatic rings. The van der Waals surface area contributed by atoms with E-state index in [9.17, 15) is 36.2 Å². The molecule has 0 radical (unpaired) electrons. The predicted octanol–water partition coefficient (Wildman–Crippen LogP) is 3.37. The third-order valence-corrected chi connectivity index (χ3v) is 5.18. The van der Waals surface area contributed by atoms with Crippen molar-refractivity contribution in [1.29, 1.82) is 0 Å². The van der Waals surface area contributed by atoms with E-state index in [1.54, 1.807) is 0 Å². The van der Waals surface area contributed by atoms with Crippen molar-refractivity contribution in [3.63, 3.8) is 0 Å². The zero-order valence-electron chi connectivity index (χ0n) is 18.8. The van der Waals surface area contributed by atoms with Gasteiger partial charge in [-0.05, 0) is 42.5 Å². The van der Waals surface area contributed by atoms with Crippen molar-refractivity contribution >= 4 is 17.6 Å². The SMILES string of the molecule is COc1ccc(C(=O)NC(=NC2CC(C(F)(F)F)NN2CCO)Nc2cccc(C(F)(F)F)c2)cc1. The van der Waals surface area contributed by atoms with Gasteiger partial charge in [0.2, 0.25) is 5.96 Å². The van der Waals surface area contributed by atoms with Crippen molar-refractivity contribution in [2.45, 2.75) is 31.0 Å². The Labute approximate surface area is 201 Å². The molecule has 0 saturated carbocycles. The van der Waals surface area contributed by atoms with Gasteiger partial charge in [-0.15, -0.1) is 0 Å². The van der Waals surface area contributed by atoms with Crippen molar-refractivity contribution in [3.05, 3.63) is 59.7 Å². The minimum absolute atomic E-state index is 0.106. The van der Waals surface area contributed by atoms with Crippen LogP contribution in [0.3, 0.4) is 0 Å². The molecule has 0 bridgehead atoms. The summed E-state index contributed by atoms with van der Waals surface area (Å²) in [6, 6.07) is 7.90. The number of ether oxygens (including phenoxy) is 1. The van der Waals surface area contributed by atoms with Crippen molar-refractivity contribution < 1.29 is 41.0 Å². The Balaban J connectivity index is 1.92. The molecule has 36 heavy (non-hydrogen) atoms. The standard InChI is InChI=1S/C22H23F6N5O3/c1-36-16-7-5-13(6-8-16)19(35)31-20(29-15-4-2-3-14(11-15)21(23,24)25)30-18-12-17(22(26,27)28)32-33(18)9-10-34/h2-8,11,17-18,32,34H,9-10,12H2,1H3,(H2,29,30,31,35). The minimum Gasteiger partial charge on any atom is -0.497 e. The van der Waals surface area contributed by atoms with Crippen molar-refractivity contribution in [3.8, 4) is 5.75 Å². The first-order valence-corrected chi connectivity index (χ1v) is 10.6. The van der Waals surface area contributed by atoms with Crippen LogP contribution in [-0.2, 0) is 6.18 Å². The number of carbonyl (C=O) groups is 1. The minimum atomic E-state index is -4.64. The topological polar surface area (TPSA) is 98.2 Å². The summed E-state index contributed by atoms with van der Waals surface area (Å²) in [6.45, 7) is -0.706.